The number of benzene rings is 3. The molecular weight excluding hydrogens is 461 g/mol. The molecule has 0 spiro atoms. The van der Waals surface area contributed by atoms with Crippen molar-refractivity contribution in [1.82, 2.24) is 0 Å². The molecule has 0 heterocycles. The highest BCUT2D eigenvalue weighted by Crippen LogP contribution is 2.38. The van der Waals surface area contributed by atoms with Crippen LogP contribution in [-0.2, 0) is 13.2 Å². The molecule has 7 heteroatoms. The van der Waals surface area contributed by atoms with Gasteiger partial charge in [0.25, 0.3) is 0 Å². The number of phenolic OH excluding ortho intramolecular Hbond substituents is 1. The van der Waals surface area contributed by atoms with Crippen LogP contribution in [-0.4, -0.2) is 11.7 Å². The number of hydrogen-bond acceptors (Lipinski definition) is 4. The Morgan fingerprint density at radius 2 is 1.83 bits per heavy atom. The third-order valence-corrected chi connectivity index (χ3v) is 5.06. The van der Waals surface area contributed by atoms with Crippen molar-refractivity contribution in [3.8, 4) is 17.2 Å². The average Bonchev–Trinajstić information content (AvgIpc) is 2.68. The minimum atomic E-state index is -0.389. The van der Waals surface area contributed by atoms with Crippen LogP contribution in [0.1, 0.15) is 18.1 Å². The minimum Gasteiger partial charge on any atom is -0.508 e. The van der Waals surface area contributed by atoms with E-state index in [0.717, 1.165) is 15.7 Å². The van der Waals surface area contributed by atoms with Gasteiger partial charge in [-0.05, 0) is 76.9 Å². The van der Waals surface area contributed by atoms with Crippen molar-refractivity contribution in [2.45, 2.75) is 20.1 Å². The van der Waals surface area contributed by atoms with Crippen molar-refractivity contribution in [1.29, 1.82) is 0 Å². The van der Waals surface area contributed by atoms with E-state index in [-0.39, 0.29) is 18.2 Å². The molecule has 2 N–H and O–H groups in total. The summed E-state index contributed by atoms with van der Waals surface area (Å²) in [4.78, 5) is 0. The fraction of sp³-hybridized carbons (Fsp3) is 0.182. The summed E-state index contributed by atoms with van der Waals surface area (Å²) in [5.74, 6) is 0.989. The lowest BCUT2D eigenvalue weighted by molar-refractivity contribution is 0.267. The highest BCUT2D eigenvalue weighted by Gasteiger charge is 2.14. The second-order valence-electron chi connectivity index (χ2n) is 6.26. The maximum Gasteiger partial charge on any atom is 0.175 e. The van der Waals surface area contributed by atoms with Gasteiger partial charge in [0, 0.05) is 17.8 Å². The predicted molar refractivity (Wildman–Crippen MR) is 116 cm³/mol. The Morgan fingerprint density at radius 1 is 1.07 bits per heavy atom. The Bertz CT molecular complexity index is 983. The molecule has 0 saturated carbocycles. The standard InChI is InChI=1S/C22H20BrClFNO3/c1-2-28-21-10-14(12-26-17-5-7-18(27)8-6-17)9-19(23)22(21)29-13-15-3-4-16(25)11-20(15)24/h3-11,26-27H,2,12-13H2,1H3. The Hall–Kier alpha value is -2.44. The third-order valence-electron chi connectivity index (χ3n) is 4.12. The van der Waals surface area contributed by atoms with Gasteiger partial charge < -0.3 is 19.9 Å². The van der Waals surface area contributed by atoms with Gasteiger partial charge in [0.1, 0.15) is 18.2 Å². The SMILES string of the molecule is CCOc1cc(CNc2ccc(O)cc2)cc(Br)c1OCc1ccc(F)cc1Cl. The first-order valence-electron chi connectivity index (χ1n) is 9.01. The van der Waals surface area contributed by atoms with E-state index in [1.54, 1.807) is 30.3 Å². The van der Waals surface area contributed by atoms with Gasteiger partial charge in [0.2, 0.25) is 0 Å². The highest BCUT2D eigenvalue weighted by molar-refractivity contribution is 9.10. The molecule has 0 atom stereocenters. The molecule has 3 aromatic rings. The summed E-state index contributed by atoms with van der Waals surface area (Å²) in [6.07, 6.45) is 0. The summed E-state index contributed by atoms with van der Waals surface area (Å²) >= 11 is 9.63. The first kappa shape index (κ1) is 21.3. The van der Waals surface area contributed by atoms with Gasteiger partial charge in [-0.15, -0.1) is 0 Å². The van der Waals surface area contributed by atoms with E-state index < -0.39 is 0 Å². The summed E-state index contributed by atoms with van der Waals surface area (Å²) in [7, 11) is 0. The lowest BCUT2D eigenvalue weighted by atomic mass is 10.2. The van der Waals surface area contributed by atoms with E-state index in [1.165, 1.54) is 12.1 Å². The van der Waals surface area contributed by atoms with E-state index in [1.807, 2.05) is 19.1 Å². The van der Waals surface area contributed by atoms with Crippen LogP contribution in [0.2, 0.25) is 5.02 Å². The first-order chi connectivity index (χ1) is 14.0. The topological polar surface area (TPSA) is 50.7 Å². The van der Waals surface area contributed by atoms with Crippen LogP contribution in [0.15, 0.2) is 59.1 Å². The molecular formula is C22H20BrClFNO3. The highest BCUT2D eigenvalue weighted by atomic mass is 79.9. The third kappa shape index (κ3) is 5.78. The molecule has 0 unspecified atom stereocenters. The zero-order valence-corrected chi connectivity index (χ0v) is 18.1. The van der Waals surface area contributed by atoms with Crippen molar-refractivity contribution in [3.05, 3.63) is 81.0 Å². The van der Waals surface area contributed by atoms with Gasteiger partial charge in [0.05, 0.1) is 16.1 Å². The van der Waals surface area contributed by atoms with Gasteiger partial charge in [-0.2, -0.15) is 0 Å². The van der Waals surface area contributed by atoms with Crippen molar-refractivity contribution in [3.63, 3.8) is 0 Å². The number of anilines is 1. The zero-order chi connectivity index (χ0) is 20.8. The van der Waals surface area contributed by atoms with Crippen LogP contribution in [0.5, 0.6) is 17.2 Å². The Morgan fingerprint density at radius 3 is 2.52 bits per heavy atom. The molecule has 0 saturated heterocycles. The van der Waals surface area contributed by atoms with Crippen molar-refractivity contribution >= 4 is 33.2 Å². The number of nitrogens with one attached hydrogen (secondary N) is 1. The van der Waals surface area contributed by atoms with Gasteiger partial charge >= 0.3 is 0 Å². The predicted octanol–water partition coefficient (Wildman–Crippen LogP) is 6.54. The fourth-order valence-corrected chi connectivity index (χ4v) is 3.52. The maximum atomic E-state index is 13.2. The van der Waals surface area contributed by atoms with Crippen LogP contribution in [0, 0.1) is 5.82 Å². The van der Waals surface area contributed by atoms with Crippen molar-refractivity contribution in [2.75, 3.05) is 11.9 Å². The summed E-state index contributed by atoms with van der Waals surface area (Å²) in [6, 6.07) is 14.9. The molecule has 0 fully saturated rings. The Kier molecular flexibility index (Phi) is 7.23. The van der Waals surface area contributed by atoms with Crippen LogP contribution in [0.3, 0.4) is 0 Å². The van der Waals surface area contributed by atoms with Gasteiger partial charge in [0.15, 0.2) is 11.5 Å². The maximum absolute atomic E-state index is 13.2. The van der Waals surface area contributed by atoms with Gasteiger partial charge in [-0.1, -0.05) is 17.7 Å². The fourth-order valence-electron chi connectivity index (χ4n) is 2.70. The number of phenols is 1. The monoisotopic (exact) mass is 479 g/mol. The molecule has 4 nitrogen and oxygen atoms in total. The van der Waals surface area contributed by atoms with Crippen LogP contribution in [0.4, 0.5) is 10.1 Å². The zero-order valence-electron chi connectivity index (χ0n) is 15.7. The summed E-state index contributed by atoms with van der Waals surface area (Å²) in [6.45, 7) is 3.13. The van der Waals surface area contributed by atoms with Gasteiger partial charge in [-0.25, -0.2) is 4.39 Å². The average molecular weight is 481 g/mol. The quantitative estimate of drug-likeness (QED) is 0.360. The smallest absolute Gasteiger partial charge is 0.175 e. The summed E-state index contributed by atoms with van der Waals surface area (Å²) in [5.41, 5.74) is 2.56. The molecule has 0 aliphatic rings. The first-order valence-corrected chi connectivity index (χ1v) is 10.2. The molecule has 0 aliphatic heterocycles. The molecule has 0 radical (unpaired) electrons. The molecule has 0 amide bonds. The van der Waals surface area contributed by atoms with E-state index in [0.29, 0.717) is 35.2 Å². The van der Waals surface area contributed by atoms with Crippen LogP contribution in [0.25, 0.3) is 0 Å². The molecule has 0 aliphatic carbocycles. The minimum absolute atomic E-state index is 0.183. The molecule has 29 heavy (non-hydrogen) atoms. The molecule has 3 aromatic carbocycles. The molecule has 3 rings (SSSR count). The van der Waals surface area contributed by atoms with E-state index >= 15 is 0 Å². The second-order valence-corrected chi connectivity index (χ2v) is 7.52. The number of halogens is 3. The Labute approximate surface area is 182 Å². The van der Waals surface area contributed by atoms with E-state index in [4.69, 9.17) is 21.1 Å². The second kappa shape index (κ2) is 9.85. The molecule has 0 bridgehead atoms. The summed E-state index contributed by atoms with van der Waals surface area (Å²) in [5, 5.41) is 13.0. The summed E-state index contributed by atoms with van der Waals surface area (Å²) < 4.78 is 25.7. The molecule has 0 aromatic heterocycles. The Balaban J connectivity index is 1.75. The van der Waals surface area contributed by atoms with Gasteiger partial charge in [-0.3, -0.25) is 0 Å². The van der Waals surface area contributed by atoms with E-state index in [9.17, 15) is 9.50 Å². The number of rotatable bonds is 8. The normalized spacial score (nSPS) is 10.6. The number of hydrogen-bond donors (Lipinski definition) is 2. The lowest BCUT2D eigenvalue weighted by Gasteiger charge is -2.16. The van der Waals surface area contributed by atoms with Crippen molar-refractivity contribution < 1.29 is 19.0 Å². The van der Waals surface area contributed by atoms with Crippen LogP contribution < -0.4 is 14.8 Å². The lowest BCUT2D eigenvalue weighted by Crippen LogP contribution is -2.04. The largest absolute Gasteiger partial charge is 0.508 e. The van der Waals surface area contributed by atoms with E-state index in [2.05, 4.69) is 21.2 Å². The van der Waals surface area contributed by atoms with Crippen molar-refractivity contribution in [2.24, 2.45) is 0 Å². The number of aromatic hydroxyl groups is 1. The molecule has 152 valence electrons. The number of ether oxygens (including phenoxy) is 2. The van der Waals surface area contributed by atoms with Crippen LogP contribution >= 0.6 is 27.5 Å².